The van der Waals surface area contributed by atoms with Crippen molar-refractivity contribution < 1.29 is 24.5 Å². The molecule has 0 aliphatic carbocycles. The standard InChI is InChI=1S/C36H37N9O5/c1-23-39-33(43-42-23)31-30(49-22-47)29(48)35(50-31)45-20-38-28-32(37-19-27(25-13-7-3-8-14-25)26-15-9-4-10-16-26)40-36(41-34(28)45)44(21-46)18-17-24-11-5-2-6-12-24/h2-16,20,22,27,29-31,35,46,48H,17-19,21H2,1H3,(H,37,40,41)(H,39,42,43)/t29-,30+,31+,35-/m1/s1. The first-order valence-corrected chi connectivity index (χ1v) is 16.3. The molecule has 0 saturated carbocycles. The minimum atomic E-state index is -1.31. The number of rotatable bonds is 14. The van der Waals surface area contributed by atoms with E-state index in [0.29, 0.717) is 48.1 Å². The third-order valence-electron chi connectivity index (χ3n) is 8.84. The second-order valence-corrected chi connectivity index (χ2v) is 12.0. The first-order valence-electron chi connectivity index (χ1n) is 16.3. The van der Waals surface area contributed by atoms with Crippen LogP contribution in [0, 0.1) is 6.92 Å². The Labute approximate surface area is 287 Å². The predicted octanol–water partition coefficient (Wildman–Crippen LogP) is 3.67. The van der Waals surface area contributed by atoms with Gasteiger partial charge in [-0.15, -0.1) is 10.2 Å². The van der Waals surface area contributed by atoms with E-state index in [1.807, 2.05) is 66.7 Å². The largest absolute Gasteiger partial charge is 0.458 e. The summed E-state index contributed by atoms with van der Waals surface area (Å²) in [6.07, 6.45) is -2.25. The van der Waals surface area contributed by atoms with Crippen molar-refractivity contribution >= 4 is 29.4 Å². The molecule has 7 rings (SSSR count). The van der Waals surface area contributed by atoms with Gasteiger partial charge >= 0.3 is 0 Å². The Balaban J connectivity index is 1.27. The van der Waals surface area contributed by atoms with Crippen LogP contribution in [-0.4, -0.2) is 83.4 Å². The van der Waals surface area contributed by atoms with Crippen molar-refractivity contribution in [3.8, 4) is 0 Å². The maximum atomic E-state index is 11.5. The molecule has 1 aliphatic heterocycles. The molecule has 6 aromatic rings. The Morgan fingerprint density at radius 3 is 2.30 bits per heavy atom. The van der Waals surface area contributed by atoms with Crippen LogP contribution in [0.4, 0.5) is 11.8 Å². The van der Waals surface area contributed by atoms with Gasteiger partial charge in [-0.2, -0.15) is 9.97 Å². The van der Waals surface area contributed by atoms with Crippen LogP contribution in [0.1, 0.15) is 46.6 Å². The SMILES string of the molecule is Cc1nnc([C@H]2O[C@@H](n3cnc4c(NCC(c5ccccc5)c5ccccc5)nc(N(CO)CCc5ccccc5)nc43)[C@H](O)[C@@H]2OC=O)[nH]1. The highest BCUT2D eigenvalue weighted by Crippen LogP contribution is 2.41. The number of carbonyl (C=O) groups excluding carboxylic acids is 1. The van der Waals surface area contributed by atoms with E-state index in [-0.39, 0.29) is 25.1 Å². The third kappa shape index (κ3) is 6.76. The van der Waals surface area contributed by atoms with Gasteiger partial charge in [0.25, 0.3) is 6.47 Å². The van der Waals surface area contributed by atoms with Crippen molar-refractivity contribution in [3.63, 3.8) is 0 Å². The minimum Gasteiger partial charge on any atom is -0.458 e. The van der Waals surface area contributed by atoms with Crippen LogP contribution in [0.15, 0.2) is 97.3 Å². The zero-order chi connectivity index (χ0) is 34.5. The average Bonchev–Trinajstić information content (AvgIpc) is 3.87. The fourth-order valence-electron chi connectivity index (χ4n) is 6.30. The number of aliphatic hydroxyl groups excluding tert-OH is 2. The number of anilines is 2. The number of aromatic amines is 1. The van der Waals surface area contributed by atoms with Crippen molar-refractivity contribution in [3.05, 3.63) is 126 Å². The lowest BCUT2D eigenvalue weighted by molar-refractivity contribution is -0.140. The van der Waals surface area contributed by atoms with Gasteiger partial charge in [-0.05, 0) is 30.0 Å². The number of nitrogens with zero attached hydrogens (tertiary/aromatic N) is 7. The van der Waals surface area contributed by atoms with Crippen LogP contribution in [0.5, 0.6) is 0 Å². The molecule has 1 saturated heterocycles. The Kier molecular flexibility index (Phi) is 9.73. The number of hydrogen-bond donors (Lipinski definition) is 4. The average molecular weight is 676 g/mol. The van der Waals surface area contributed by atoms with Crippen molar-refractivity contribution in [2.24, 2.45) is 0 Å². The molecule has 4 heterocycles. The van der Waals surface area contributed by atoms with Crippen molar-refractivity contribution in [1.82, 2.24) is 34.7 Å². The number of fused-ring (bicyclic) bond motifs is 1. The predicted molar refractivity (Wildman–Crippen MR) is 184 cm³/mol. The number of ether oxygens (including phenoxy) is 2. The molecule has 0 spiro atoms. The summed E-state index contributed by atoms with van der Waals surface area (Å²) < 4.78 is 13.2. The zero-order valence-electron chi connectivity index (χ0n) is 27.3. The molecule has 4 N–H and O–H groups in total. The van der Waals surface area contributed by atoms with Gasteiger partial charge in [-0.3, -0.25) is 9.36 Å². The maximum Gasteiger partial charge on any atom is 0.293 e. The number of H-pyrrole nitrogens is 1. The van der Waals surface area contributed by atoms with E-state index in [1.54, 1.807) is 16.4 Å². The smallest absolute Gasteiger partial charge is 0.293 e. The molecule has 256 valence electrons. The number of benzene rings is 3. The van der Waals surface area contributed by atoms with Crippen LogP contribution >= 0.6 is 0 Å². The molecule has 50 heavy (non-hydrogen) atoms. The van der Waals surface area contributed by atoms with Gasteiger partial charge in [-0.1, -0.05) is 91.0 Å². The maximum absolute atomic E-state index is 11.5. The topological polar surface area (TPSA) is 176 Å². The number of aromatic nitrogens is 7. The van der Waals surface area contributed by atoms with Crippen molar-refractivity contribution in [2.45, 2.75) is 43.8 Å². The normalized spacial score (nSPS) is 18.8. The molecule has 0 radical (unpaired) electrons. The Morgan fingerprint density at radius 1 is 1.00 bits per heavy atom. The van der Waals surface area contributed by atoms with Crippen LogP contribution in [0.2, 0.25) is 0 Å². The number of aryl methyl sites for hydroxylation is 1. The molecular formula is C36H37N9O5. The molecule has 0 bridgehead atoms. The lowest BCUT2D eigenvalue weighted by atomic mass is 9.91. The van der Waals surface area contributed by atoms with Gasteiger partial charge < -0.3 is 34.9 Å². The summed E-state index contributed by atoms with van der Waals surface area (Å²) in [4.78, 5) is 30.6. The van der Waals surface area contributed by atoms with Gasteiger partial charge in [0.05, 0.1) is 6.33 Å². The highest BCUT2D eigenvalue weighted by molar-refractivity contribution is 5.84. The summed E-state index contributed by atoms with van der Waals surface area (Å²) in [7, 11) is 0. The highest BCUT2D eigenvalue weighted by atomic mass is 16.6. The Bertz CT molecular complexity index is 1970. The molecule has 4 atom stereocenters. The van der Waals surface area contributed by atoms with Crippen LogP contribution < -0.4 is 10.2 Å². The molecule has 14 heteroatoms. The first-order chi connectivity index (χ1) is 24.5. The van der Waals surface area contributed by atoms with Gasteiger partial charge in [-0.25, -0.2) is 4.98 Å². The number of carbonyl (C=O) groups is 1. The van der Waals surface area contributed by atoms with Crippen molar-refractivity contribution in [1.29, 1.82) is 0 Å². The van der Waals surface area contributed by atoms with E-state index in [2.05, 4.69) is 49.7 Å². The molecule has 14 nitrogen and oxygen atoms in total. The third-order valence-corrected chi connectivity index (χ3v) is 8.84. The summed E-state index contributed by atoms with van der Waals surface area (Å²) in [5.74, 6) is 1.52. The molecule has 3 aromatic carbocycles. The molecule has 0 unspecified atom stereocenters. The van der Waals surface area contributed by atoms with E-state index < -0.39 is 24.5 Å². The highest BCUT2D eigenvalue weighted by Gasteiger charge is 2.49. The van der Waals surface area contributed by atoms with E-state index in [0.717, 1.165) is 16.7 Å². The molecule has 1 fully saturated rings. The van der Waals surface area contributed by atoms with Crippen molar-refractivity contribution in [2.75, 3.05) is 30.0 Å². The fourth-order valence-corrected chi connectivity index (χ4v) is 6.30. The van der Waals surface area contributed by atoms with Crippen LogP contribution in [0.3, 0.4) is 0 Å². The summed E-state index contributed by atoms with van der Waals surface area (Å²) in [6, 6.07) is 30.4. The molecule has 3 aromatic heterocycles. The van der Waals surface area contributed by atoms with Crippen LogP contribution in [-0.2, 0) is 20.7 Å². The molecule has 1 aliphatic rings. The van der Waals surface area contributed by atoms with E-state index >= 15 is 0 Å². The van der Waals surface area contributed by atoms with Gasteiger partial charge in [0.1, 0.15) is 18.7 Å². The Morgan fingerprint density at radius 2 is 1.68 bits per heavy atom. The van der Waals surface area contributed by atoms with Crippen LogP contribution in [0.25, 0.3) is 11.2 Å². The second kappa shape index (κ2) is 14.8. The number of nitrogens with one attached hydrogen (secondary N) is 2. The first kappa shape index (κ1) is 32.8. The summed E-state index contributed by atoms with van der Waals surface area (Å²) in [6.45, 7) is 2.57. The summed E-state index contributed by atoms with van der Waals surface area (Å²) >= 11 is 0. The molecular weight excluding hydrogens is 638 g/mol. The van der Waals surface area contributed by atoms with E-state index in [9.17, 15) is 15.0 Å². The zero-order valence-corrected chi connectivity index (χ0v) is 27.3. The minimum absolute atomic E-state index is 0.0210. The van der Waals surface area contributed by atoms with Gasteiger partial charge in [0.2, 0.25) is 5.95 Å². The molecule has 0 amide bonds. The summed E-state index contributed by atoms with van der Waals surface area (Å²) in [5, 5.41) is 33.6. The number of hydrogen-bond acceptors (Lipinski definition) is 12. The quantitative estimate of drug-likeness (QED) is 0.0975. The number of imidazole rings is 1. The number of aliphatic hydroxyl groups is 2. The van der Waals surface area contributed by atoms with E-state index in [4.69, 9.17) is 19.4 Å². The van der Waals surface area contributed by atoms with E-state index in [1.165, 1.54) is 6.33 Å². The summed E-state index contributed by atoms with van der Waals surface area (Å²) in [5.41, 5.74) is 4.12. The van der Waals surface area contributed by atoms with Gasteiger partial charge in [0, 0.05) is 19.0 Å². The lowest BCUT2D eigenvalue weighted by Gasteiger charge is -2.23. The lowest BCUT2D eigenvalue weighted by Crippen LogP contribution is -2.32. The van der Waals surface area contributed by atoms with Gasteiger partial charge in [0.15, 0.2) is 41.2 Å². The Hall–Kier alpha value is -5.70. The fraction of sp³-hybridized carbons (Fsp3) is 0.278. The second-order valence-electron chi connectivity index (χ2n) is 12.0. The monoisotopic (exact) mass is 675 g/mol.